The summed E-state index contributed by atoms with van der Waals surface area (Å²) in [4.78, 5) is 14.8. The summed E-state index contributed by atoms with van der Waals surface area (Å²) in [5.41, 5.74) is 3.17. The molecule has 28 heavy (non-hydrogen) atoms. The summed E-state index contributed by atoms with van der Waals surface area (Å²) >= 11 is 9.15. The minimum Gasteiger partial charge on any atom is -0.329 e. The summed E-state index contributed by atoms with van der Waals surface area (Å²) in [6.07, 6.45) is 5.61. The van der Waals surface area contributed by atoms with Gasteiger partial charge in [0.05, 0.1) is 10.6 Å². The van der Waals surface area contributed by atoms with Gasteiger partial charge in [-0.15, -0.1) is 0 Å². The summed E-state index contributed by atoms with van der Waals surface area (Å²) in [5, 5.41) is 2.40. The van der Waals surface area contributed by atoms with Gasteiger partial charge >= 0.3 is 0 Å². The van der Waals surface area contributed by atoms with Crippen molar-refractivity contribution in [1.29, 1.82) is 0 Å². The summed E-state index contributed by atoms with van der Waals surface area (Å²) in [6.45, 7) is 0. The van der Waals surface area contributed by atoms with Gasteiger partial charge in [-0.1, -0.05) is 65.8 Å². The predicted molar refractivity (Wildman–Crippen MR) is 116 cm³/mol. The molecule has 0 atom stereocenters. The number of thioether (sulfide) groups is 1. The van der Waals surface area contributed by atoms with Crippen LogP contribution in [0.5, 0.6) is 0 Å². The smallest absolute Gasteiger partial charge is 0.188 e. The van der Waals surface area contributed by atoms with Crippen LogP contribution in [0.4, 0.5) is 0 Å². The molecule has 2 aromatic heterocycles. The van der Waals surface area contributed by atoms with E-state index >= 15 is 0 Å². The second-order valence-corrected chi connectivity index (χ2v) is 8.46. The normalized spacial score (nSPS) is 10.9. The maximum Gasteiger partial charge on any atom is 0.188 e. The van der Waals surface area contributed by atoms with Gasteiger partial charge in [-0.25, -0.2) is 15.0 Å². The maximum atomic E-state index is 5.96. The van der Waals surface area contributed by atoms with Gasteiger partial charge in [-0.3, -0.25) is 0 Å². The molecular weight excluding hydrogens is 408 g/mol. The molecule has 2 aromatic carbocycles. The SMILES string of the molecule is Cn1ccnc1Sc1cnc(SCc2ccc(Cl)cc2)nc1-c1ccccc1. The minimum absolute atomic E-state index is 0.743. The number of benzene rings is 2. The first-order valence-electron chi connectivity index (χ1n) is 8.64. The maximum absolute atomic E-state index is 5.96. The van der Waals surface area contributed by atoms with Gasteiger partial charge in [0.2, 0.25) is 0 Å². The van der Waals surface area contributed by atoms with Gasteiger partial charge in [0.1, 0.15) is 0 Å². The first kappa shape index (κ1) is 19.1. The van der Waals surface area contributed by atoms with Crippen molar-refractivity contribution >= 4 is 35.1 Å². The molecule has 0 aliphatic carbocycles. The average Bonchev–Trinajstić information content (AvgIpc) is 3.13. The van der Waals surface area contributed by atoms with Crippen molar-refractivity contribution in [2.24, 2.45) is 7.05 Å². The van der Waals surface area contributed by atoms with E-state index in [2.05, 4.69) is 22.1 Å². The number of hydrogen-bond donors (Lipinski definition) is 0. The van der Waals surface area contributed by atoms with E-state index in [1.807, 2.05) is 66.5 Å². The topological polar surface area (TPSA) is 43.6 Å². The molecule has 2 heterocycles. The highest BCUT2D eigenvalue weighted by atomic mass is 35.5. The Kier molecular flexibility index (Phi) is 6.00. The van der Waals surface area contributed by atoms with Gasteiger partial charge in [0, 0.05) is 42.0 Å². The number of nitrogens with zero attached hydrogens (tertiary/aromatic N) is 4. The molecule has 4 nitrogen and oxygen atoms in total. The minimum atomic E-state index is 0.743. The Morgan fingerprint density at radius 3 is 2.50 bits per heavy atom. The van der Waals surface area contributed by atoms with Crippen molar-refractivity contribution < 1.29 is 0 Å². The van der Waals surface area contributed by atoms with E-state index in [0.29, 0.717) is 0 Å². The number of halogens is 1. The van der Waals surface area contributed by atoms with E-state index in [4.69, 9.17) is 16.6 Å². The fourth-order valence-corrected chi connectivity index (χ4v) is 4.36. The number of aromatic nitrogens is 4. The second-order valence-electron chi connectivity index (χ2n) is 6.07. The highest BCUT2D eigenvalue weighted by Gasteiger charge is 2.13. The van der Waals surface area contributed by atoms with Crippen LogP contribution in [0.15, 0.2) is 88.4 Å². The third kappa shape index (κ3) is 4.58. The van der Waals surface area contributed by atoms with E-state index in [0.717, 1.165) is 37.2 Å². The largest absolute Gasteiger partial charge is 0.329 e. The number of aryl methyl sites for hydroxylation is 1. The third-order valence-electron chi connectivity index (χ3n) is 4.04. The molecule has 140 valence electrons. The molecule has 0 fully saturated rings. The third-order valence-corrected chi connectivity index (χ3v) is 6.32. The lowest BCUT2D eigenvalue weighted by molar-refractivity contribution is 0.789. The molecule has 4 aromatic rings. The number of imidazole rings is 1. The van der Waals surface area contributed by atoms with Crippen LogP contribution in [0.25, 0.3) is 11.3 Å². The standard InChI is InChI=1S/C21H17ClN4S2/c1-26-12-11-23-21(26)28-18-13-24-20(25-19(18)16-5-3-2-4-6-16)27-14-15-7-9-17(22)10-8-15/h2-13H,14H2,1H3. The second kappa shape index (κ2) is 8.82. The number of hydrogen-bond acceptors (Lipinski definition) is 5. The van der Waals surface area contributed by atoms with Gasteiger partial charge in [-0.2, -0.15) is 0 Å². The molecule has 0 unspecified atom stereocenters. The molecule has 0 saturated carbocycles. The molecule has 0 amide bonds. The zero-order valence-corrected chi connectivity index (χ0v) is 17.5. The summed E-state index contributed by atoms with van der Waals surface area (Å²) < 4.78 is 1.99. The zero-order valence-electron chi connectivity index (χ0n) is 15.1. The van der Waals surface area contributed by atoms with Crippen molar-refractivity contribution in [3.63, 3.8) is 0 Å². The van der Waals surface area contributed by atoms with Crippen molar-refractivity contribution in [2.45, 2.75) is 21.0 Å². The summed E-state index contributed by atoms with van der Waals surface area (Å²) in [6, 6.07) is 18.0. The van der Waals surface area contributed by atoms with E-state index in [-0.39, 0.29) is 0 Å². The molecule has 0 spiro atoms. The highest BCUT2D eigenvalue weighted by Crippen LogP contribution is 2.35. The number of rotatable bonds is 6. The molecule has 0 bridgehead atoms. The van der Waals surface area contributed by atoms with Crippen LogP contribution < -0.4 is 0 Å². The van der Waals surface area contributed by atoms with E-state index in [1.165, 1.54) is 5.56 Å². The Morgan fingerprint density at radius 2 is 1.79 bits per heavy atom. The Labute approximate surface area is 177 Å². The fraction of sp³-hybridized carbons (Fsp3) is 0.0952. The molecule has 0 radical (unpaired) electrons. The summed E-state index contributed by atoms with van der Waals surface area (Å²) in [5.74, 6) is 0.789. The summed E-state index contributed by atoms with van der Waals surface area (Å²) in [7, 11) is 1.98. The van der Waals surface area contributed by atoms with Crippen molar-refractivity contribution in [3.8, 4) is 11.3 Å². The van der Waals surface area contributed by atoms with Gasteiger partial charge in [-0.05, 0) is 29.5 Å². The van der Waals surface area contributed by atoms with Crippen molar-refractivity contribution in [1.82, 2.24) is 19.5 Å². The fourth-order valence-electron chi connectivity index (χ4n) is 2.58. The van der Waals surface area contributed by atoms with E-state index in [1.54, 1.807) is 29.7 Å². The van der Waals surface area contributed by atoms with Crippen molar-refractivity contribution in [3.05, 3.63) is 83.8 Å². The molecule has 0 saturated heterocycles. The van der Waals surface area contributed by atoms with Crippen LogP contribution in [0.3, 0.4) is 0 Å². The van der Waals surface area contributed by atoms with Gasteiger partial charge < -0.3 is 4.57 Å². The Morgan fingerprint density at radius 1 is 1.00 bits per heavy atom. The first-order valence-corrected chi connectivity index (χ1v) is 10.8. The average molecular weight is 425 g/mol. The van der Waals surface area contributed by atoms with Crippen molar-refractivity contribution in [2.75, 3.05) is 0 Å². The van der Waals surface area contributed by atoms with Crippen LogP contribution in [-0.2, 0) is 12.8 Å². The Bertz CT molecular complexity index is 1070. The first-order chi connectivity index (χ1) is 13.7. The molecule has 0 aliphatic rings. The van der Waals surface area contributed by atoms with E-state index in [9.17, 15) is 0 Å². The lowest BCUT2D eigenvalue weighted by Crippen LogP contribution is -1.96. The van der Waals surface area contributed by atoms with Crippen LogP contribution in [-0.4, -0.2) is 19.5 Å². The zero-order chi connectivity index (χ0) is 19.3. The molecule has 4 rings (SSSR count). The molecule has 7 heteroatoms. The lowest BCUT2D eigenvalue weighted by atomic mass is 10.1. The highest BCUT2D eigenvalue weighted by molar-refractivity contribution is 7.99. The monoisotopic (exact) mass is 424 g/mol. The Balaban J connectivity index is 1.62. The predicted octanol–water partition coefficient (Wildman–Crippen LogP) is 5.97. The molecule has 0 N–H and O–H groups in total. The van der Waals surface area contributed by atoms with Crippen LogP contribution in [0.1, 0.15) is 5.56 Å². The molecular formula is C21H17ClN4S2. The van der Waals surface area contributed by atoms with E-state index < -0.39 is 0 Å². The van der Waals surface area contributed by atoms with Crippen LogP contribution in [0.2, 0.25) is 5.02 Å². The quantitative estimate of drug-likeness (QED) is 0.281. The van der Waals surface area contributed by atoms with Gasteiger partial charge in [0.25, 0.3) is 0 Å². The Hall–Kier alpha value is -2.28. The van der Waals surface area contributed by atoms with Crippen LogP contribution in [0, 0.1) is 0 Å². The lowest BCUT2D eigenvalue weighted by Gasteiger charge is -2.10. The van der Waals surface area contributed by atoms with Gasteiger partial charge in [0.15, 0.2) is 10.3 Å². The van der Waals surface area contributed by atoms with Crippen LogP contribution >= 0.6 is 35.1 Å². The molecule has 0 aliphatic heterocycles.